The molecule has 3 N–H and O–H groups in total. The van der Waals surface area contributed by atoms with Gasteiger partial charge in [-0.3, -0.25) is 0 Å². The summed E-state index contributed by atoms with van der Waals surface area (Å²) in [6.07, 6.45) is 0. The minimum absolute atomic E-state index is 0.766. The second kappa shape index (κ2) is 15.3. The Kier molecular flexibility index (Phi) is 12.1. The molecule has 0 spiro atoms. The van der Waals surface area contributed by atoms with Crippen molar-refractivity contribution >= 4 is 39.7 Å². The maximum atomic E-state index is 5.36. The summed E-state index contributed by atoms with van der Waals surface area (Å²) < 4.78 is 21.6. The smallest absolute Gasteiger partial charge is 0.124 e. The van der Waals surface area contributed by atoms with E-state index < -0.39 is 0 Å². The van der Waals surface area contributed by atoms with Crippen LogP contribution >= 0.6 is 22.6 Å². The molecule has 0 aliphatic rings. The van der Waals surface area contributed by atoms with Crippen molar-refractivity contribution in [3.63, 3.8) is 0 Å². The zero-order chi connectivity index (χ0) is 25.5. The molecule has 0 bridgehead atoms. The van der Waals surface area contributed by atoms with Crippen LogP contribution in [0.1, 0.15) is 0 Å². The number of ether oxygens (including phenoxy) is 4. The van der Waals surface area contributed by atoms with Gasteiger partial charge in [-0.05, 0) is 59.0 Å². The highest BCUT2D eigenvalue weighted by Crippen LogP contribution is 2.28. The molecule has 0 fully saturated rings. The molecule has 0 aliphatic carbocycles. The lowest BCUT2D eigenvalue weighted by atomic mass is 10.2. The predicted molar refractivity (Wildman–Crippen MR) is 152 cm³/mol. The van der Waals surface area contributed by atoms with E-state index >= 15 is 0 Å². The van der Waals surface area contributed by atoms with Gasteiger partial charge in [0.1, 0.15) is 23.0 Å². The molecule has 35 heavy (non-hydrogen) atoms. The maximum Gasteiger partial charge on any atom is 0.124 e. The van der Waals surface area contributed by atoms with Gasteiger partial charge < -0.3 is 30.0 Å². The van der Waals surface area contributed by atoms with E-state index in [1.54, 1.807) is 28.4 Å². The van der Waals surface area contributed by atoms with Gasteiger partial charge in [0.2, 0.25) is 0 Å². The Morgan fingerprint density at radius 3 is 1.31 bits per heavy atom. The quantitative estimate of drug-likeness (QED) is 0.187. The molecule has 4 aromatic carbocycles. The topological polar surface area (TPSA) is 75.0 Å². The summed E-state index contributed by atoms with van der Waals surface area (Å²) in [5, 5.41) is 3.29. The van der Waals surface area contributed by atoms with Crippen LogP contribution in [0.15, 0.2) is 97.1 Å². The first kappa shape index (κ1) is 27.7. The molecule has 7 heteroatoms. The number of benzene rings is 4. The molecule has 4 aromatic rings. The lowest BCUT2D eigenvalue weighted by Gasteiger charge is -2.10. The van der Waals surface area contributed by atoms with Crippen molar-refractivity contribution in [2.45, 2.75) is 0 Å². The van der Waals surface area contributed by atoms with Crippen LogP contribution in [-0.2, 0) is 0 Å². The van der Waals surface area contributed by atoms with Crippen molar-refractivity contribution in [2.24, 2.45) is 0 Å². The van der Waals surface area contributed by atoms with E-state index in [4.69, 9.17) is 24.7 Å². The zero-order valence-corrected chi connectivity index (χ0v) is 22.5. The molecule has 0 aromatic heterocycles. The van der Waals surface area contributed by atoms with Crippen LogP contribution < -0.4 is 30.0 Å². The SMILES string of the molecule is COc1cc(I)cc(OC)c1.COc1cc(Nc2ccccc2)cc(OC)c1.Nc1ccccc1. The number of nitrogen functional groups attached to an aromatic ring is 1. The molecular formula is C28H31IN2O4. The van der Waals surface area contributed by atoms with Crippen molar-refractivity contribution in [3.8, 4) is 23.0 Å². The average Bonchev–Trinajstić information content (AvgIpc) is 2.89. The Labute approximate surface area is 221 Å². The van der Waals surface area contributed by atoms with Gasteiger partial charge in [-0.25, -0.2) is 0 Å². The van der Waals surface area contributed by atoms with Crippen LogP contribution in [0.3, 0.4) is 0 Å². The second-order valence-corrected chi connectivity index (χ2v) is 8.28. The summed E-state index contributed by atoms with van der Waals surface area (Å²) in [6.45, 7) is 0. The van der Waals surface area contributed by atoms with Crippen LogP contribution in [0.5, 0.6) is 23.0 Å². The minimum Gasteiger partial charge on any atom is -0.497 e. The molecule has 0 amide bonds. The van der Waals surface area contributed by atoms with E-state index in [9.17, 15) is 0 Å². The van der Waals surface area contributed by atoms with Crippen molar-refractivity contribution in [2.75, 3.05) is 39.5 Å². The molecule has 6 nitrogen and oxygen atoms in total. The minimum atomic E-state index is 0.766. The molecule has 0 saturated heterocycles. The number of rotatable bonds is 6. The Morgan fingerprint density at radius 2 is 0.943 bits per heavy atom. The highest BCUT2D eigenvalue weighted by molar-refractivity contribution is 14.1. The molecule has 0 heterocycles. The molecular weight excluding hydrogens is 555 g/mol. The van der Waals surface area contributed by atoms with E-state index in [0.29, 0.717) is 0 Å². The Hall–Kier alpha value is -3.59. The van der Waals surface area contributed by atoms with Gasteiger partial charge in [-0.2, -0.15) is 0 Å². The fourth-order valence-electron chi connectivity index (χ4n) is 2.79. The molecule has 4 rings (SSSR count). The van der Waals surface area contributed by atoms with Gasteiger partial charge >= 0.3 is 0 Å². The summed E-state index contributed by atoms with van der Waals surface area (Å²) in [5.41, 5.74) is 8.15. The van der Waals surface area contributed by atoms with Crippen LogP contribution in [0.2, 0.25) is 0 Å². The van der Waals surface area contributed by atoms with Gasteiger partial charge in [0, 0.05) is 44.9 Å². The monoisotopic (exact) mass is 586 g/mol. The fraction of sp³-hybridized carbons (Fsp3) is 0.143. The Balaban J connectivity index is 0.000000205. The van der Waals surface area contributed by atoms with E-state index in [0.717, 1.165) is 43.6 Å². The summed E-state index contributed by atoms with van der Waals surface area (Å²) in [5.74, 6) is 3.19. The first-order valence-corrected chi connectivity index (χ1v) is 11.8. The maximum absolute atomic E-state index is 5.36. The van der Waals surface area contributed by atoms with E-state index in [1.165, 1.54) is 0 Å². The number of methoxy groups -OCH3 is 4. The summed E-state index contributed by atoms with van der Waals surface area (Å²) >= 11 is 2.22. The van der Waals surface area contributed by atoms with Crippen LogP contribution in [0.25, 0.3) is 0 Å². The number of hydrogen-bond acceptors (Lipinski definition) is 6. The fourth-order valence-corrected chi connectivity index (χ4v) is 3.41. The molecule has 0 aliphatic heterocycles. The van der Waals surface area contributed by atoms with E-state index in [1.807, 2.05) is 97.1 Å². The molecule has 0 unspecified atom stereocenters. The van der Waals surface area contributed by atoms with Gasteiger partial charge in [0.15, 0.2) is 0 Å². The van der Waals surface area contributed by atoms with E-state index in [-0.39, 0.29) is 0 Å². The van der Waals surface area contributed by atoms with E-state index in [2.05, 4.69) is 27.9 Å². The van der Waals surface area contributed by atoms with Crippen LogP contribution in [0, 0.1) is 3.57 Å². The zero-order valence-electron chi connectivity index (χ0n) is 20.3. The third kappa shape index (κ3) is 10.5. The summed E-state index contributed by atoms with van der Waals surface area (Å²) in [6, 6.07) is 30.9. The lowest BCUT2D eigenvalue weighted by molar-refractivity contribution is 0.393. The molecule has 0 atom stereocenters. The van der Waals surface area contributed by atoms with Crippen molar-refractivity contribution in [1.82, 2.24) is 0 Å². The summed E-state index contributed by atoms with van der Waals surface area (Å²) in [4.78, 5) is 0. The predicted octanol–water partition coefficient (Wildman–Crippen LogP) is 7.02. The summed E-state index contributed by atoms with van der Waals surface area (Å²) in [7, 11) is 6.57. The van der Waals surface area contributed by atoms with Crippen LogP contribution in [-0.4, -0.2) is 28.4 Å². The number of nitrogens with one attached hydrogen (secondary N) is 1. The number of halogens is 1. The van der Waals surface area contributed by atoms with Crippen molar-refractivity contribution < 1.29 is 18.9 Å². The van der Waals surface area contributed by atoms with Gasteiger partial charge in [-0.15, -0.1) is 0 Å². The highest BCUT2D eigenvalue weighted by atomic mass is 127. The number of hydrogen-bond donors (Lipinski definition) is 2. The number of anilines is 3. The molecule has 0 saturated carbocycles. The van der Waals surface area contributed by atoms with Gasteiger partial charge in [0.05, 0.1) is 28.4 Å². The number of para-hydroxylation sites is 2. The third-order valence-corrected chi connectivity index (χ3v) is 5.15. The number of nitrogens with two attached hydrogens (primary N) is 1. The third-order valence-electron chi connectivity index (χ3n) is 4.53. The first-order valence-electron chi connectivity index (χ1n) is 10.7. The average molecular weight is 586 g/mol. The molecule has 184 valence electrons. The lowest BCUT2D eigenvalue weighted by Crippen LogP contribution is -1.93. The van der Waals surface area contributed by atoms with Crippen LogP contribution in [0.4, 0.5) is 17.1 Å². The Bertz CT molecular complexity index is 1100. The Morgan fingerprint density at radius 1 is 0.543 bits per heavy atom. The van der Waals surface area contributed by atoms with Gasteiger partial charge in [-0.1, -0.05) is 36.4 Å². The standard InChI is InChI=1S/C14H15NO2.C8H9IO2.C6H7N/c1-16-13-8-12(9-14(10-13)17-2)15-11-6-4-3-5-7-11;1-10-7-3-6(9)4-8(5-7)11-2;7-6-4-2-1-3-5-6/h3-10,15H,1-2H3;3-5H,1-2H3;1-5H,7H2. The highest BCUT2D eigenvalue weighted by Gasteiger charge is 2.02. The normalized spacial score (nSPS) is 9.40. The first-order chi connectivity index (χ1) is 17.0. The van der Waals surface area contributed by atoms with Crippen molar-refractivity contribution in [1.29, 1.82) is 0 Å². The van der Waals surface area contributed by atoms with Gasteiger partial charge in [0.25, 0.3) is 0 Å². The second-order valence-electron chi connectivity index (χ2n) is 7.03. The molecule has 0 radical (unpaired) electrons. The van der Waals surface area contributed by atoms with Crippen molar-refractivity contribution in [3.05, 3.63) is 101 Å². The largest absolute Gasteiger partial charge is 0.497 e.